The quantitative estimate of drug-likeness (QED) is 0.845. The molecular weight excluding hydrogens is 244 g/mol. The summed E-state index contributed by atoms with van der Waals surface area (Å²) < 4.78 is 1.61. The molecule has 88 valence electrons. The number of thiol groups is 1. The zero-order valence-corrected chi connectivity index (χ0v) is 10.7. The van der Waals surface area contributed by atoms with Gasteiger partial charge in [0.05, 0.1) is 11.2 Å². The Morgan fingerprint density at radius 1 is 1.50 bits per heavy atom. The number of aromatic nitrogens is 2. The summed E-state index contributed by atoms with van der Waals surface area (Å²) in [7, 11) is 0. The lowest BCUT2D eigenvalue weighted by molar-refractivity contribution is 0.284. The van der Waals surface area contributed by atoms with Crippen molar-refractivity contribution in [2.24, 2.45) is 5.41 Å². The predicted octanol–water partition coefficient (Wildman–Crippen LogP) is 2.39. The summed E-state index contributed by atoms with van der Waals surface area (Å²) >= 11 is 10.3. The van der Waals surface area contributed by atoms with E-state index in [9.17, 15) is 4.79 Å². The molecule has 0 amide bonds. The molecule has 0 N–H and O–H groups in total. The van der Waals surface area contributed by atoms with Crippen LogP contribution >= 0.6 is 24.2 Å². The number of hydrogen-bond donors (Lipinski definition) is 1. The summed E-state index contributed by atoms with van der Waals surface area (Å²) in [5.74, 6) is 0.811. The maximum atomic E-state index is 11.6. The highest BCUT2D eigenvalue weighted by molar-refractivity contribution is 7.80. The van der Waals surface area contributed by atoms with Crippen molar-refractivity contribution in [3.63, 3.8) is 0 Å². The van der Waals surface area contributed by atoms with Gasteiger partial charge in [-0.15, -0.1) is 0 Å². The van der Waals surface area contributed by atoms with E-state index in [4.69, 9.17) is 11.6 Å². The Labute approximate surface area is 105 Å². The van der Waals surface area contributed by atoms with Crippen molar-refractivity contribution in [2.75, 3.05) is 5.75 Å². The first-order chi connectivity index (χ1) is 7.65. The highest BCUT2D eigenvalue weighted by atomic mass is 35.5. The van der Waals surface area contributed by atoms with Gasteiger partial charge in [0.2, 0.25) is 0 Å². The van der Waals surface area contributed by atoms with Crippen LogP contribution in [-0.2, 0) is 6.54 Å². The van der Waals surface area contributed by atoms with E-state index in [1.54, 1.807) is 10.8 Å². The molecule has 1 aliphatic rings. The molecule has 0 unspecified atom stereocenters. The second-order valence-corrected chi connectivity index (χ2v) is 5.30. The molecule has 2 rings (SSSR count). The van der Waals surface area contributed by atoms with Crippen LogP contribution in [0.25, 0.3) is 0 Å². The Bertz CT molecular complexity index is 426. The Hall–Kier alpha value is -0.480. The predicted molar refractivity (Wildman–Crippen MR) is 68.3 cm³/mol. The second-order valence-electron chi connectivity index (χ2n) is 4.55. The Morgan fingerprint density at radius 3 is 2.81 bits per heavy atom. The molecule has 1 aliphatic carbocycles. The topological polar surface area (TPSA) is 34.9 Å². The maximum absolute atomic E-state index is 11.6. The summed E-state index contributed by atoms with van der Waals surface area (Å²) in [6.45, 7) is 0.683. The van der Waals surface area contributed by atoms with Crippen molar-refractivity contribution in [1.82, 2.24) is 9.55 Å². The molecule has 1 aromatic rings. The molecule has 1 fully saturated rings. The van der Waals surface area contributed by atoms with Gasteiger partial charge in [-0.05, 0) is 24.0 Å². The summed E-state index contributed by atoms with van der Waals surface area (Å²) in [5, 5.41) is 0.506. The third kappa shape index (κ3) is 2.43. The normalized spacial score (nSPS) is 18.9. The fourth-order valence-corrected chi connectivity index (χ4v) is 2.98. The van der Waals surface area contributed by atoms with Crippen LogP contribution in [0.1, 0.15) is 25.7 Å². The summed E-state index contributed by atoms with van der Waals surface area (Å²) in [5.41, 5.74) is -0.0725. The lowest BCUT2D eigenvalue weighted by Gasteiger charge is -2.27. The molecule has 0 spiro atoms. The first kappa shape index (κ1) is 12.0. The van der Waals surface area contributed by atoms with Gasteiger partial charge in [-0.1, -0.05) is 24.4 Å². The lowest BCUT2D eigenvalue weighted by Crippen LogP contribution is -2.32. The van der Waals surface area contributed by atoms with E-state index in [1.807, 2.05) is 0 Å². The molecule has 0 saturated heterocycles. The van der Waals surface area contributed by atoms with Gasteiger partial charge in [0, 0.05) is 12.7 Å². The fraction of sp³-hybridized carbons (Fsp3) is 0.636. The molecular formula is C11H15ClN2OS. The van der Waals surface area contributed by atoms with Gasteiger partial charge in [-0.3, -0.25) is 4.57 Å². The van der Waals surface area contributed by atoms with E-state index in [1.165, 1.54) is 19.0 Å². The smallest absolute Gasteiger partial charge is 0.297 e. The average Bonchev–Trinajstić information content (AvgIpc) is 2.73. The number of rotatable bonds is 3. The van der Waals surface area contributed by atoms with E-state index in [2.05, 4.69) is 17.6 Å². The highest BCUT2D eigenvalue weighted by Crippen LogP contribution is 2.40. The van der Waals surface area contributed by atoms with Crippen molar-refractivity contribution in [2.45, 2.75) is 32.2 Å². The SMILES string of the molecule is O=c1ncc(Cl)cn1CC1(CS)CCCC1. The van der Waals surface area contributed by atoms with Crippen LogP contribution in [-0.4, -0.2) is 15.3 Å². The zero-order valence-electron chi connectivity index (χ0n) is 9.03. The molecule has 0 radical (unpaired) electrons. The Morgan fingerprint density at radius 2 is 2.19 bits per heavy atom. The fourth-order valence-electron chi connectivity index (χ4n) is 2.39. The van der Waals surface area contributed by atoms with Crippen molar-refractivity contribution in [3.05, 3.63) is 27.9 Å². The largest absolute Gasteiger partial charge is 0.347 e. The molecule has 0 aromatic carbocycles. The third-order valence-electron chi connectivity index (χ3n) is 3.33. The number of hydrogen-bond acceptors (Lipinski definition) is 3. The van der Waals surface area contributed by atoms with Crippen LogP contribution in [0.5, 0.6) is 0 Å². The minimum Gasteiger partial charge on any atom is -0.297 e. The van der Waals surface area contributed by atoms with Crippen LogP contribution < -0.4 is 5.69 Å². The van der Waals surface area contributed by atoms with Gasteiger partial charge in [0.1, 0.15) is 0 Å². The molecule has 0 aliphatic heterocycles. The van der Waals surface area contributed by atoms with Crippen LogP contribution in [0.15, 0.2) is 17.2 Å². The lowest BCUT2D eigenvalue weighted by atomic mass is 9.88. The molecule has 0 atom stereocenters. The van der Waals surface area contributed by atoms with Crippen LogP contribution in [0.4, 0.5) is 0 Å². The highest BCUT2D eigenvalue weighted by Gasteiger charge is 2.33. The van der Waals surface area contributed by atoms with Gasteiger partial charge in [0.25, 0.3) is 0 Å². The minimum atomic E-state index is -0.225. The molecule has 16 heavy (non-hydrogen) atoms. The number of nitrogens with zero attached hydrogens (tertiary/aromatic N) is 2. The van der Waals surface area contributed by atoms with Crippen LogP contribution in [0, 0.1) is 5.41 Å². The Kier molecular flexibility index (Phi) is 3.60. The van der Waals surface area contributed by atoms with Gasteiger partial charge in [-0.25, -0.2) is 9.78 Å². The molecule has 1 aromatic heterocycles. The van der Waals surface area contributed by atoms with Crippen molar-refractivity contribution in [3.8, 4) is 0 Å². The van der Waals surface area contributed by atoms with Crippen molar-refractivity contribution >= 4 is 24.2 Å². The Balaban J connectivity index is 2.25. The van der Waals surface area contributed by atoms with E-state index in [0.717, 1.165) is 18.6 Å². The summed E-state index contributed by atoms with van der Waals surface area (Å²) in [6.07, 6.45) is 7.78. The first-order valence-corrected chi connectivity index (χ1v) is 6.49. The van der Waals surface area contributed by atoms with Crippen molar-refractivity contribution in [1.29, 1.82) is 0 Å². The summed E-state index contributed by atoms with van der Waals surface area (Å²) in [6, 6.07) is 0. The van der Waals surface area contributed by atoms with E-state index in [0.29, 0.717) is 11.6 Å². The molecule has 1 saturated carbocycles. The van der Waals surface area contributed by atoms with Gasteiger partial charge in [0.15, 0.2) is 0 Å². The van der Waals surface area contributed by atoms with E-state index < -0.39 is 0 Å². The maximum Gasteiger partial charge on any atom is 0.347 e. The van der Waals surface area contributed by atoms with E-state index >= 15 is 0 Å². The minimum absolute atomic E-state index is 0.152. The first-order valence-electron chi connectivity index (χ1n) is 5.48. The second kappa shape index (κ2) is 4.80. The van der Waals surface area contributed by atoms with Gasteiger partial charge >= 0.3 is 5.69 Å². The number of halogens is 1. The molecule has 5 heteroatoms. The zero-order chi connectivity index (χ0) is 11.6. The summed E-state index contributed by atoms with van der Waals surface area (Å²) in [4.78, 5) is 15.3. The standard InChI is InChI=1S/C11H15ClN2OS/c12-9-5-13-10(15)14(6-9)7-11(8-16)3-1-2-4-11/h5-6,16H,1-4,7-8H2. The molecule has 1 heterocycles. The average molecular weight is 259 g/mol. The van der Waals surface area contributed by atoms with Gasteiger partial charge in [-0.2, -0.15) is 12.6 Å². The van der Waals surface area contributed by atoms with E-state index in [-0.39, 0.29) is 11.1 Å². The third-order valence-corrected chi connectivity index (χ3v) is 4.19. The molecule has 0 bridgehead atoms. The van der Waals surface area contributed by atoms with Crippen molar-refractivity contribution < 1.29 is 0 Å². The monoisotopic (exact) mass is 258 g/mol. The van der Waals surface area contributed by atoms with Gasteiger partial charge < -0.3 is 0 Å². The van der Waals surface area contributed by atoms with Crippen LogP contribution in [0.3, 0.4) is 0 Å². The van der Waals surface area contributed by atoms with Crippen LogP contribution in [0.2, 0.25) is 5.02 Å². The molecule has 3 nitrogen and oxygen atoms in total.